The second-order valence-corrected chi connectivity index (χ2v) is 4.96. The van der Waals surface area contributed by atoms with Crippen LogP contribution in [0.4, 0.5) is 30.7 Å². The van der Waals surface area contributed by atoms with Gasteiger partial charge in [0.1, 0.15) is 12.4 Å². The van der Waals surface area contributed by atoms with Gasteiger partial charge in [-0.2, -0.15) is 22.0 Å². The van der Waals surface area contributed by atoms with Crippen LogP contribution in [0.15, 0.2) is 42.5 Å². The average molecular weight is 366 g/mol. The van der Waals surface area contributed by atoms with Crippen molar-refractivity contribution in [3.8, 4) is 5.75 Å². The number of Topliss-reactive ketones (excluding diaryl/α,β-unsaturated/α-hetero) is 1. The lowest BCUT2D eigenvalue weighted by atomic mass is 10.0. The number of ether oxygens (including phenoxy) is 1. The SMILES string of the molecule is O=C(c1ccc(COc2cc(F)ccc2F)cc1)C(F)(F)C(F)(F)F. The van der Waals surface area contributed by atoms with E-state index < -0.39 is 40.8 Å². The number of hydrogen-bond acceptors (Lipinski definition) is 2. The number of carbonyl (C=O) groups is 1. The summed E-state index contributed by atoms with van der Waals surface area (Å²) in [5, 5.41) is 0. The van der Waals surface area contributed by atoms with Crippen molar-refractivity contribution in [2.24, 2.45) is 0 Å². The molecule has 9 heteroatoms. The van der Waals surface area contributed by atoms with Gasteiger partial charge in [0.15, 0.2) is 11.6 Å². The molecule has 0 amide bonds. The van der Waals surface area contributed by atoms with Gasteiger partial charge in [0.25, 0.3) is 0 Å². The second-order valence-electron chi connectivity index (χ2n) is 4.96. The van der Waals surface area contributed by atoms with Gasteiger partial charge < -0.3 is 4.74 Å². The molecule has 0 N–H and O–H groups in total. The van der Waals surface area contributed by atoms with Crippen molar-refractivity contribution in [2.45, 2.75) is 18.7 Å². The van der Waals surface area contributed by atoms with E-state index in [1.807, 2.05) is 0 Å². The van der Waals surface area contributed by atoms with Crippen molar-refractivity contribution in [3.05, 3.63) is 65.2 Å². The first kappa shape index (κ1) is 18.8. The van der Waals surface area contributed by atoms with Crippen LogP contribution < -0.4 is 4.74 Å². The smallest absolute Gasteiger partial charge is 0.461 e. The molecule has 0 aliphatic carbocycles. The summed E-state index contributed by atoms with van der Waals surface area (Å²) in [5.74, 6) is -9.87. The van der Waals surface area contributed by atoms with Gasteiger partial charge in [0.2, 0.25) is 5.78 Å². The third-order valence-electron chi connectivity index (χ3n) is 3.14. The van der Waals surface area contributed by atoms with E-state index in [9.17, 15) is 35.5 Å². The topological polar surface area (TPSA) is 26.3 Å². The Balaban J connectivity index is 2.10. The van der Waals surface area contributed by atoms with Crippen LogP contribution in [0.3, 0.4) is 0 Å². The molecule has 0 fully saturated rings. The molecule has 0 atom stereocenters. The van der Waals surface area contributed by atoms with Gasteiger partial charge in [-0.1, -0.05) is 24.3 Å². The van der Waals surface area contributed by atoms with Gasteiger partial charge in [-0.15, -0.1) is 0 Å². The highest BCUT2D eigenvalue weighted by Crippen LogP contribution is 2.38. The zero-order valence-corrected chi connectivity index (χ0v) is 12.2. The number of hydrogen-bond donors (Lipinski definition) is 0. The molecule has 0 aromatic heterocycles. The van der Waals surface area contributed by atoms with Crippen molar-refractivity contribution >= 4 is 5.78 Å². The van der Waals surface area contributed by atoms with Crippen molar-refractivity contribution in [3.63, 3.8) is 0 Å². The molecular weight excluding hydrogens is 357 g/mol. The van der Waals surface area contributed by atoms with Gasteiger partial charge in [0, 0.05) is 11.6 Å². The molecule has 25 heavy (non-hydrogen) atoms. The summed E-state index contributed by atoms with van der Waals surface area (Å²) in [7, 11) is 0. The van der Waals surface area contributed by atoms with Crippen molar-refractivity contribution in [1.29, 1.82) is 0 Å². The standard InChI is InChI=1S/C16H9F7O2/c17-11-5-6-12(18)13(7-11)25-8-9-1-3-10(4-2-9)14(24)15(19,20)16(21,22)23/h1-7H,8H2. The number of alkyl halides is 5. The number of rotatable bonds is 5. The zero-order valence-electron chi connectivity index (χ0n) is 12.2. The third-order valence-corrected chi connectivity index (χ3v) is 3.14. The molecule has 0 saturated carbocycles. The lowest BCUT2D eigenvalue weighted by molar-refractivity contribution is -0.255. The first-order valence-electron chi connectivity index (χ1n) is 6.68. The highest BCUT2D eigenvalue weighted by Gasteiger charge is 2.63. The number of halogens is 7. The minimum atomic E-state index is -6.00. The van der Waals surface area contributed by atoms with Gasteiger partial charge in [0.05, 0.1) is 0 Å². The molecule has 0 radical (unpaired) electrons. The van der Waals surface area contributed by atoms with Gasteiger partial charge in [-0.05, 0) is 17.7 Å². The predicted molar refractivity (Wildman–Crippen MR) is 72.5 cm³/mol. The molecule has 2 rings (SSSR count). The third kappa shape index (κ3) is 4.09. The van der Waals surface area contributed by atoms with Crippen molar-refractivity contribution < 1.29 is 40.3 Å². The molecule has 0 spiro atoms. The second kappa shape index (κ2) is 6.73. The molecule has 2 aromatic rings. The molecule has 0 aliphatic rings. The fraction of sp³-hybridized carbons (Fsp3) is 0.188. The molecule has 2 aromatic carbocycles. The van der Waals surface area contributed by atoms with Gasteiger partial charge >= 0.3 is 12.1 Å². The molecule has 134 valence electrons. The summed E-state index contributed by atoms with van der Waals surface area (Å²) in [4.78, 5) is 11.3. The lowest BCUT2D eigenvalue weighted by Gasteiger charge is -2.18. The Labute approximate surface area is 136 Å². The summed E-state index contributed by atoms with van der Waals surface area (Å²) < 4.78 is 93.8. The predicted octanol–water partition coefficient (Wildman–Crippen LogP) is 4.92. The van der Waals surface area contributed by atoms with E-state index in [4.69, 9.17) is 4.74 Å². The Kier molecular flexibility index (Phi) is 5.05. The normalized spacial score (nSPS) is 12.1. The fourth-order valence-electron chi connectivity index (χ4n) is 1.81. The van der Waals surface area contributed by atoms with Crippen LogP contribution in [0.5, 0.6) is 5.75 Å². The van der Waals surface area contributed by atoms with Crippen LogP contribution in [-0.2, 0) is 6.61 Å². The summed E-state index contributed by atoms with van der Waals surface area (Å²) in [6, 6.07) is 6.17. The Bertz CT molecular complexity index is 767. The van der Waals surface area contributed by atoms with Crippen molar-refractivity contribution in [1.82, 2.24) is 0 Å². The average Bonchev–Trinajstić information content (AvgIpc) is 2.54. The highest BCUT2D eigenvalue weighted by atomic mass is 19.4. The van der Waals surface area contributed by atoms with Gasteiger partial charge in [-0.25, -0.2) is 8.78 Å². The van der Waals surface area contributed by atoms with Crippen LogP contribution in [0.25, 0.3) is 0 Å². The Morgan fingerprint density at radius 3 is 2.08 bits per heavy atom. The van der Waals surface area contributed by atoms with Crippen LogP contribution in [0.1, 0.15) is 15.9 Å². The van der Waals surface area contributed by atoms with E-state index >= 15 is 0 Å². The minimum absolute atomic E-state index is 0.246. The first-order chi connectivity index (χ1) is 11.5. The fourth-order valence-corrected chi connectivity index (χ4v) is 1.81. The summed E-state index contributed by atoms with van der Waals surface area (Å²) in [6.07, 6.45) is -6.00. The van der Waals surface area contributed by atoms with E-state index in [-0.39, 0.29) is 12.2 Å². The number of ketones is 1. The van der Waals surface area contributed by atoms with Crippen molar-refractivity contribution in [2.75, 3.05) is 0 Å². The van der Waals surface area contributed by atoms with E-state index in [1.54, 1.807) is 0 Å². The first-order valence-corrected chi connectivity index (χ1v) is 6.68. The van der Waals surface area contributed by atoms with E-state index in [0.717, 1.165) is 42.5 Å². The molecule has 0 heterocycles. The molecule has 2 nitrogen and oxygen atoms in total. The molecule has 0 unspecified atom stereocenters. The summed E-state index contributed by atoms with van der Waals surface area (Å²) in [5.41, 5.74) is -0.599. The Morgan fingerprint density at radius 2 is 1.52 bits per heavy atom. The van der Waals surface area contributed by atoms with E-state index in [1.165, 1.54) is 0 Å². The zero-order chi connectivity index (χ0) is 18.8. The molecule has 0 saturated heterocycles. The van der Waals surface area contributed by atoms with E-state index in [2.05, 4.69) is 0 Å². The monoisotopic (exact) mass is 366 g/mol. The maximum Gasteiger partial charge on any atom is 0.461 e. The Morgan fingerprint density at radius 1 is 0.920 bits per heavy atom. The number of benzene rings is 2. The van der Waals surface area contributed by atoms with Crippen LogP contribution >= 0.6 is 0 Å². The maximum atomic E-state index is 13.4. The van der Waals surface area contributed by atoms with Crippen LogP contribution in [-0.4, -0.2) is 17.9 Å². The quantitative estimate of drug-likeness (QED) is 0.554. The summed E-state index contributed by atoms with van der Waals surface area (Å²) >= 11 is 0. The lowest BCUT2D eigenvalue weighted by Crippen LogP contribution is -2.44. The maximum absolute atomic E-state index is 13.4. The molecule has 0 bridgehead atoms. The Hall–Kier alpha value is -2.58. The molecule has 0 aliphatic heterocycles. The number of carbonyl (C=O) groups excluding carboxylic acids is 1. The van der Waals surface area contributed by atoms with Gasteiger partial charge in [-0.3, -0.25) is 4.79 Å². The van der Waals surface area contributed by atoms with Crippen LogP contribution in [0.2, 0.25) is 0 Å². The molecular formula is C16H9F7O2. The van der Waals surface area contributed by atoms with Crippen LogP contribution in [0, 0.1) is 11.6 Å². The highest BCUT2D eigenvalue weighted by molar-refractivity contribution is 6.01. The minimum Gasteiger partial charge on any atom is -0.486 e. The van der Waals surface area contributed by atoms with E-state index in [0.29, 0.717) is 0 Å². The summed E-state index contributed by atoms with van der Waals surface area (Å²) in [6.45, 7) is -0.315. The largest absolute Gasteiger partial charge is 0.486 e.